The van der Waals surface area contributed by atoms with E-state index in [2.05, 4.69) is 15.5 Å². The van der Waals surface area contributed by atoms with Crippen LogP contribution in [0.5, 0.6) is 0 Å². The lowest BCUT2D eigenvalue weighted by atomic mass is 9.97. The normalized spacial score (nSPS) is 21.2. The van der Waals surface area contributed by atoms with E-state index in [-0.39, 0.29) is 17.9 Å². The van der Waals surface area contributed by atoms with Crippen molar-refractivity contribution in [2.75, 3.05) is 26.7 Å². The highest BCUT2D eigenvalue weighted by Crippen LogP contribution is 2.21. The van der Waals surface area contributed by atoms with Crippen molar-refractivity contribution in [2.45, 2.75) is 31.4 Å². The fourth-order valence-electron chi connectivity index (χ4n) is 3.29. The fraction of sp³-hybridized carbons (Fsp3) is 0.500. The minimum atomic E-state index is -0.772. The lowest BCUT2D eigenvalue weighted by molar-refractivity contribution is -0.131. The van der Waals surface area contributed by atoms with Gasteiger partial charge in [0.2, 0.25) is 5.91 Å². The summed E-state index contributed by atoms with van der Waals surface area (Å²) >= 11 is 0. The van der Waals surface area contributed by atoms with Gasteiger partial charge >= 0.3 is 5.97 Å². The van der Waals surface area contributed by atoms with Gasteiger partial charge in [-0.25, -0.2) is 4.79 Å². The van der Waals surface area contributed by atoms with Gasteiger partial charge in [-0.2, -0.15) is 0 Å². The van der Waals surface area contributed by atoms with E-state index in [1.807, 2.05) is 12.1 Å². The van der Waals surface area contributed by atoms with E-state index in [1.54, 1.807) is 19.2 Å². The third-order valence-corrected chi connectivity index (χ3v) is 4.76. The zero-order valence-corrected chi connectivity index (χ0v) is 14.3. The molecule has 0 radical (unpaired) electrons. The van der Waals surface area contributed by atoms with Crippen LogP contribution in [0.2, 0.25) is 0 Å². The quantitative estimate of drug-likeness (QED) is 0.756. The van der Waals surface area contributed by atoms with Crippen LogP contribution in [0.4, 0.5) is 0 Å². The van der Waals surface area contributed by atoms with E-state index in [0.717, 1.165) is 31.5 Å². The second-order valence-corrected chi connectivity index (χ2v) is 6.49. The van der Waals surface area contributed by atoms with Crippen molar-refractivity contribution in [3.05, 3.63) is 35.4 Å². The number of likely N-dealkylation sites (N-methyl/N-ethyl adjacent to an activating group) is 1. The van der Waals surface area contributed by atoms with Crippen LogP contribution in [0.1, 0.15) is 28.8 Å². The zero-order chi connectivity index (χ0) is 17.8. The first-order valence-corrected chi connectivity index (χ1v) is 8.59. The maximum absolute atomic E-state index is 12.5. The lowest BCUT2D eigenvalue weighted by Gasteiger charge is -2.33. The molecule has 25 heavy (non-hydrogen) atoms. The first-order chi connectivity index (χ1) is 12.1. The van der Waals surface area contributed by atoms with Crippen LogP contribution in [0.15, 0.2) is 24.3 Å². The monoisotopic (exact) mass is 345 g/mol. The number of nitrogens with one attached hydrogen (secondary N) is 2. The number of amides is 2. The summed E-state index contributed by atoms with van der Waals surface area (Å²) in [5.41, 5.74) is 1.38. The van der Waals surface area contributed by atoms with Crippen molar-refractivity contribution < 1.29 is 19.1 Å². The summed E-state index contributed by atoms with van der Waals surface area (Å²) in [5.74, 6) is -0.690. The number of carbonyl (C=O) groups excluding carboxylic acids is 3. The minimum Gasteiger partial charge on any atom is -0.448 e. The van der Waals surface area contributed by atoms with Gasteiger partial charge in [0, 0.05) is 32.6 Å². The van der Waals surface area contributed by atoms with Gasteiger partial charge < -0.3 is 15.4 Å². The molecule has 0 spiro atoms. The highest BCUT2D eigenvalue weighted by Gasteiger charge is 2.32. The summed E-state index contributed by atoms with van der Waals surface area (Å²) in [4.78, 5) is 38.0. The van der Waals surface area contributed by atoms with Crippen LogP contribution in [-0.4, -0.2) is 61.5 Å². The number of benzene rings is 1. The van der Waals surface area contributed by atoms with Crippen LogP contribution >= 0.6 is 0 Å². The van der Waals surface area contributed by atoms with Crippen LogP contribution in [0.25, 0.3) is 0 Å². The molecule has 1 saturated heterocycles. The summed E-state index contributed by atoms with van der Waals surface area (Å²) < 4.78 is 5.29. The summed E-state index contributed by atoms with van der Waals surface area (Å²) in [6.45, 7) is 1.89. The van der Waals surface area contributed by atoms with E-state index in [0.29, 0.717) is 18.5 Å². The molecule has 0 saturated carbocycles. The average molecular weight is 345 g/mol. The molecule has 7 heteroatoms. The van der Waals surface area contributed by atoms with E-state index in [1.165, 1.54) is 0 Å². The van der Waals surface area contributed by atoms with Gasteiger partial charge in [0.25, 0.3) is 5.91 Å². The predicted octanol–water partition coefficient (Wildman–Crippen LogP) is 0.0947. The molecule has 2 aliphatic rings. The molecule has 134 valence electrons. The Bertz CT molecular complexity index is 668. The molecule has 7 nitrogen and oxygen atoms in total. The van der Waals surface area contributed by atoms with Crippen molar-refractivity contribution in [3.63, 3.8) is 0 Å². The molecular formula is C18H23N3O4. The predicted molar refractivity (Wildman–Crippen MR) is 91.0 cm³/mol. The Morgan fingerprint density at radius 2 is 1.96 bits per heavy atom. The Kier molecular flexibility index (Phi) is 5.33. The molecule has 0 bridgehead atoms. The topological polar surface area (TPSA) is 87.7 Å². The van der Waals surface area contributed by atoms with E-state index >= 15 is 0 Å². The van der Waals surface area contributed by atoms with Crippen LogP contribution < -0.4 is 10.6 Å². The Labute approximate surface area is 146 Å². The molecule has 1 atom stereocenters. The Hall–Kier alpha value is -2.41. The number of ether oxygens (including phenoxy) is 1. The van der Waals surface area contributed by atoms with Crippen LogP contribution in [0.3, 0.4) is 0 Å². The first kappa shape index (κ1) is 17.4. The number of esters is 1. The van der Waals surface area contributed by atoms with Gasteiger partial charge in [0.05, 0.1) is 12.1 Å². The van der Waals surface area contributed by atoms with Crippen LogP contribution in [-0.2, 0) is 20.7 Å². The third-order valence-electron chi connectivity index (χ3n) is 4.76. The summed E-state index contributed by atoms with van der Waals surface area (Å²) in [6, 6.07) is 7.26. The van der Waals surface area contributed by atoms with Crippen molar-refractivity contribution in [1.82, 2.24) is 15.5 Å². The van der Waals surface area contributed by atoms with E-state index in [9.17, 15) is 14.4 Å². The van der Waals surface area contributed by atoms with E-state index in [4.69, 9.17) is 4.74 Å². The molecule has 2 aliphatic heterocycles. The number of carbonyl (C=O) groups is 3. The fourth-order valence-corrected chi connectivity index (χ4v) is 3.29. The van der Waals surface area contributed by atoms with Gasteiger partial charge in [0.1, 0.15) is 0 Å². The number of rotatable bonds is 4. The smallest absolute Gasteiger partial charge is 0.339 e. The number of cyclic esters (lactones) is 1. The maximum atomic E-state index is 12.5. The second kappa shape index (κ2) is 7.65. The van der Waals surface area contributed by atoms with Crippen molar-refractivity contribution >= 4 is 17.8 Å². The highest BCUT2D eigenvalue weighted by atomic mass is 16.5. The molecule has 2 N–H and O–H groups in total. The number of hydrogen-bond acceptors (Lipinski definition) is 5. The number of fused-ring (bicyclic) bond motifs is 1. The number of hydrogen-bond donors (Lipinski definition) is 2. The summed E-state index contributed by atoms with van der Waals surface area (Å²) in [7, 11) is 1.62. The Balaban J connectivity index is 1.51. The molecule has 1 aromatic rings. The van der Waals surface area contributed by atoms with Crippen LogP contribution in [0, 0.1) is 0 Å². The van der Waals surface area contributed by atoms with Crippen molar-refractivity contribution in [1.29, 1.82) is 0 Å². The van der Waals surface area contributed by atoms with Gasteiger partial charge in [-0.1, -0.05) is 18.2 Å². The molecular weight excluding hydrogens is 322 g/mol. The van der Waals surface area contributed by atoms with Crippen molar-refractivity contribution in [2.24, 2.45) is 0 Å². The third kappa shape index (κ3) is 4.17. The molecule has 3 rings (SSSR count). The van der Waals surface area contributed by atoms with E-state index < -0.39 is 12.1 Å². The molecule has 0 aromatic heterocycles. The molecule has 2 amide bonds. The second-order valence-electron chi connectivity index (χ2n) is 6.49. The van der Waals surface area contributed by atoms with Gasteiger partial charge in [-0.15, -0.1) is 0 Å². The zero-order valence-electron chi connectivity index (χ0n) is 14.3. The van der Waals surface area contributed by atoms with Gasteiger partial charge in [-0.3, -0.25) is 14.5 Å². The average Bonchev–Trinajstić information content (AvgIpc) is 2.63. The summed E-state index contributed by atoms with van der Waals surface area (Å²) in [5, 5.41) is 5.60. The maximum Gasteiger partial charge on any atom is 0.339 e. The van der Waals surface area contributed by atoms with Crippen molar-refractivity contribution in [3.8, 4) is 0 Å². The molecule has 2 heterocycles. The van der Waals surface area contributed by atoms with Gasteiger partial charge in [-0.05, 0) is 24.5 Å². The molecule has 1 aromatic carbocycles. The standard InChI is InChI=1S/C18H23N3O4/c1-19-16(22)11-21-8-6-13(7-9-21)20-17(23)15-10-12-4-2-3-5-14(12)18(24)25-15/h2-5,13,15H,6-11H2,1H3,(H,19,22)(H,20,23)/t15-/m0/s1. The largest absolute Gasteiger partial charge is 0.448 e. The van der Waals surface area contributed by atoms with Gasteiger partial charge in [0.15, 0.2) is 6.10 Å². The first-order valence-electron chi connectivity index (χ1n) is 8.59. The molecule has 0 aliphatic carbocycles. The molecule has 1 fully saturated rings. The Morgan fingerprint density at radius 1 is 1.24 bits per heavy atom. The molecule has 0 unspecified atom stereocenters. The number of nitrogens with zero attached hydrogens (tertiary/aromatic N) is 1. The number of likely N-dealkylation sites (tertiary alicyclic amines) is 1. The number of piperidine rings is 1. The highest BCUT2D eigenvalue weighted by molar-refractivity contribution is 5.95. The lowest BCUT2D eigenvalue weighted by Crippen LogP contribution is -2.50. The summed E-state index contributed by atoms with van der Waals surface area (Å²) in [6.07, 6.45) is 1.19. The Morgan fingerprint density at radius 3 is 2.68 bits per heavy atom. The minimum absolute atomic E-state index is 0.00438. The SMILES string of the molecule is CNC(=O)CN1CCC(NC(=O)[C@@H]2Cc3ccccc3C(=O)O2)CC1.